The normalized spacial score (nSPS) is 16.0. The lowest BCUT2D eigenvalue weighted by atomic mass is 9.77. The van der Waals surface area contributed by atoms with Crippen LogP contribution in [0.15, 0.2) is 72.8 Å². The molecule has 0 radical (unpaired) electrons. The van der Waals surface area contributed by atoms with Gasteiger partial charge in [-0.1, -0.05) is 96.4 Å². The summed E-state index contributed by atoms with van der Waals surface area (Å²) in [5.41, 5.74) is 8.27. The van der Waals surface area contributed by atoms with Crippen LogP contribution >= 0.6 is 0 Å². The topological polar surface area (TPSA) is 94.5 Å². The van der Waals surface area contributed by atoms with E-state index >= 15 is 4.39 Å². The molecule has 7 nitrogen and oxygen atoms in total. The molecule has 2 N–H and O–H groups in total. The van der Waals surface area contributed by atoms with Crippen molar-refractivity contribution in [2.24, 2.45) is 11.3 Å². The largest absolute Gasteiger partial charge is 0.493 e. The Kier molecular flexibility index (Phi) is 21.4. The molecule has 1 unspecified atom stereocenters. The minimum Gasteiger partial charge on any atom is -0.493 e. The van der Waals surface area contributed by atoms with Crippen LogP contribution in [0, 0.1) is 17.2 Å². The molecule has 1 atom stereocenters. The maximum Gasteiger partial charge on any atom is 0.333 e. The van der Waals surface area contributed by atoms with Gasteiger partial charge in [0.1, 0.15) is 11.6 Å². The number of unbranched alkanes of at least 4 members (excludes halogenated alkanes) is 2. The number of ether oxygens (including phenoxy) is 4. The van der Waals surface area contributed by atoms with E-state index in [1.165, 1.54) is 38.5 Å². The Hall–Kier alpha value is -3.82. The van der Waals surface area contributed by atoms with Gasteiger partial charge in [0, 0.05) is 23.7 Å². The van der Waals surface area contributed by atoms with Crippen LogP contribution in [-0.2, 0) is 38.3 Å². The Bertz CT molecular complexity index is 1870. The molecule has 0 bridgehead atoms. The van der Waals surface area contributed by atoms with Gasteiger partial charge in [-0.3, -0.25) is 0 Å². The first-order valence-electron chi connectivity index (χ1n) is 23.5. The number of benzene rings is 3. The highest BCUT2D eigenvalue weighted by atomic mass is 19.1. The van der Waals surface area contributed by atoms with Crippen molar-refractivity contribution in [3.8, 4) is 28.0 Å². The van der Waals surface area contributed by atoms with Gasteiger partial charge in [0.05, 0.1) is 33.0 Å². The molecule has 1 aliphatic rings. The van der Waals surface area contributed by atoms with Gasteiger partial charge in [-0.15, -0.1) is 0 Å². The van der Waals surface area contributed by atoms with Crippen LogP contribution in [0.25, 0.3) is 22.3 Å². The van der Waals surface area contributed by atoms with E-state index in [9.17, 15) is 15.0 Å². The van der Waals surface area contributed by atoms with E-state index < -0.39 is 17.7 Å². The highest BCUT2D eigenvalue weighted by Crippen LogP contribution is 2.41. The first-order chi connectivity index (χ1) is 29.9. The second-order valence-corrected chi connectivity index (χ2v) is 17.9. The van der Waals surface area contributed by atoms with Crippen molar-refractivity contribution in [1.29, 1.82) is 0 Å². The second kappa shape index (κ2) is 26.1. The highest BCUT2D eigenvalue weighted by Gasteiger charge is 2.28. The average molecular weight is 857 g/mol. The quantitative estimate of drug-likeness (QED) is 0.0247. The van der Waals surface area contributed by atoms with Crippen LogP contribution < -0.4 is 4.74 Å². The summed E-state index contributed by atoms with van der Waals surface area (Å²) in [6, 6.07) is 16.5. The molecule has 0 amide bonds. The number of halogens is 1. The number of hydrogen-bond acceptors (Lipinski definition) is 7. The van der Waals surface area contributed by atoms with E-state index in [2.05, 4.69) is 57.3 Å². The molecule has 4 rings (SSSR count). The summed E-state index contributed by atoms with van der Waals surface area (Å²) in [5, 5.41) is 20.6. The zero-order chi connectivity index (χ0) is 45.1. The molecule has 1 saturated carbocycles. The van der Waals surface area contributed by atoms with E-state index in [1.54, 1.807) is 20.1 Å². The molecule has 3 aromatic carbocycles. The Labute approximate surface area is 373 Å². The smallest absolute Gasteiger partial charge is 0.333 e. The molecule has 0 aliphatic heterocycles. The Morgan fingerprint density at radius 2 is 1.45 bits per heavy atom. The van der Waals surface area contributed by atoms with E-state index in [4.69, 9.17) is 18.9 Å². The van der Waals surface area contributed by atoms with Gasteiger partial charge >= 0.3 is 5.97 Å². The fourth-order valence-electron chi connectivity index (χ4n) is 9.10. The van der Waals surface area contributed by atoms with Crippen molar-refractivity contribution in [3.05, 3.63) is 101 Å². The van der Waals surface area contributed by atoms with E-state index in [-0.39, 0.29) is 25.6 Å². The Morgan fingerprint density at radius 1 is 0.790 bits per heavy atom. The van der Waals surface area contributed by atoms with Crippen molar-refractivity contribution in [2.75, 3.05) is 40.1 Å². The predicted molar refractivity (Wildman–Crippen MR) is 251 cm³/mol. The Balaban J connectivity index is 1.68. The SMILES string of the molecule is C=C(C)C(=O)OCCCc1cc(-c2ccc(-c3ccc(C4CCC(CCCCC)CC4)cc3F)cc2CC)cc(CCCOC(OC)C(=C)C)c1OCCC(CO)(CO)CCC. The number of aryl methyl sites for hydroxylation is 3. The molecule has 0 heterocycles. The van der Waals surface area contributed by atoms with Gasteiger partial charge in [-0.25, -0.2) is 9.18 Å². The zero-order valence-electron chi connectivity index (χ0n) is 38.9. The molecular formula is C54H77FO7. The number of hydrogen-bond donors (Lipinski definition) is 2. The molecule has 0 saturated heterocycles. The first-order valence-corrected chi connectivity index (χ1v) is 23.5. The monoisotopic (exact) mass is 857 g/mol. The summed E-state index contributed by atoms with van der Waals surface area (Å²) in [7, 11) is 1.60. The standard InChI is InChI=1S/C54H77FO7/c1-9-12-13-16-40-19-21-42(22-20-40)43-23-26-49(50(55)35-43)44-24-25-48(41(11-3)32-44)47-33-45(17-14-29-61-52(58)38(4)5)51(60-31-28-54(36-56,37-57)27-10-2)46(34-47)18-15-30-62-53(59-8)39(6)7/h23-26,32-35,40,42,53,56-57H,4,6,9-22,27-31,36-37H2,1-3,5,7-8H3. The molecule has 8 heteroatoms. The molecular weight excluding hydrogens is 780 g/mol. The maximum atomic E-state index is 16.1. The van der Waals surface area contributed by atoms with Crippen LogP contribution in [0.5, 0.6) is 5.75 Å². The number of rotatable bonds is 28. The zero-order valence-corrected chi connectivity index (χ0v) is 38.9. The second-order valence-electron chi connectivity index (χ2n) is 17.9. The minimum atomic E-state index is -0.637. The lowest BCUT2D eigenvalue weighted by Gasteiger charge is -2.30. The Morgan fingerprint density at radius 3 is 2.03 bits per heavy atom. The molecule has 342 valence electrons. The number of methoxy groups -OCH3 is 1. The van der Waals surface area contributed by atoms with Crippen LogP contribution in [0.1, 0.15) is 146 Å². The average Bonchev–Trinajstić information content (AvgIpc) is 3.27. The van der Waals surface area contributed by atoms with Gasteiger partial charge in [-0.2, -0.15) is 0 Å². The maximum absolute atomic E-state index is 16.1. The minimum absolute atomic E-state index is 0.127. The lowest BCUT2D eigenvalue weighted by molar-refractivity contribution is -0.139. The third-order valence-electron chi connectivity index (χ3n) is 12.9. The number of carbonyl (C=O) groups excluding carboxylic acids is 1. The third-order valence-corrected chi connectivity index (χ3v) is 12.9. The van der Waals surface area contributed by atoms with E-state index in [0.717, 1.165) is 81.9 Å². The lowest BCUT2D eigenvalue weighted by Crippen LogP contribution is -2.31. The van der Waals surface area contributed by atoms with Gasteiger partial charge in [0.2, 0.25) is 0 Å². The van der Waals surface area contributed by atoms with Gasteiger partial charge in [0.15, 0.2) is 6.29 Å². The van der Waals surface area contributed by atoms with Crippen LogP contribution in [0.2, 0.25) is 0 Å². The van der Waals surface area contributed by atoms with Crippen molar-refractivity contribution < 1.29 is 38.3 Å². The summed E-state index contributed by atoms with van der Waals surface area (Å²) in [5.74, 6) is 1.40. The summed E-state index contributed by atoms with van der Waals surface area (Å²) in [4.78, 5) is 12.2. The summed E-state index contributed by atoms with van der Waals surface area (Å²) >= 11 is 0. The fourth-order valence-corrected chi connectivity index (χ4v) is 9.10. The fraction of sp³-hybridized carbons (Fsp3) is 0.574. The molecule has 1 aliphatic carbocycles. The van der Waals surface area contributed by atoms with Gasteiger partial charge in [0.25, 0.3) is 0 Å². The van der Waals surface area contributed by atoms with Gasteiger partial charge in [-0.05, 0) is 159 Å². The molecule has 62 heavy (non-hydrogen) atoms. The summed E-state index contributed by atoms with van der Waals surface area (Å²) in [6.45, 7) is 18.4. The predicted octanol–water partition coefficient (Wildman–Crippen LogP) is 12.7. The van der Waals surface area contributed by atoms with Crippen molar-refractivity contribution >= 4 is 5.97 Å². The van der Waals surface area contributed by atoms with Crippen molar-refractivity contribution in [1.82, 2.24) is 0 Å². The highest BCUT2D eigenvalue weighted by molar-refractivity contribution is 5.86. The van der Waals surface area contributed by atoms with Gasteiger partial charge < -0.3 is 29.2 Å². The number of aliphatic hydroxyl groups excluding tert-OH is 2. The van der Waals surface area contributed by atoms with Crippen molar-refractivity contribution in [3.63, 3.8) is 0 Å². The molecule has 0 spiro atoms. The first kappa shape index (κ1) is 50.8. The summed E-state index contributed by atoms with van der Waals surface area (Å²) < 4.78 is 39.7. The van der Waals surface area contributed by atoms with Crippen LogP contribution in [0.3, 0.4) is 0 Å². The number of carbonyl (C=O) groups is 1. The number of esters is 1. The molecule has 0 aromatic heterocycles. The van der Waals surface area contributed by atoms with E-state index in [0.29, 0.717) is 68.8 Å². The molecule has 1 fully saturated rings. The van der Waals surface area contributed by atoms with E-state index in [1.807, 2.05) is 26.0 Å². The molecule has 3 aromatic rings. The number of aliphatic hydroxyl groups is 2. The van der Waals surface area contributed by atoms with Crippen LogP contribution in [-0.4, -0.2) is 62.6 Å². The third kappa shape index (κ3) is 14.6. The van der Waals surface area contributed by atoms with Crippen molar-refractivity contribution in [2.45, 2.75) is 150 Å². The summed E-state index contributed by atoms with van der Waals surface area (Å²) in [6.07, 6.45) is 14.7. The van der Waals surface area contributed by atoms with Crippen LogP contribution in [0.4, 0.5) is 4.39 Å².